The van der Waals surface area contributed by atoms with E-state index in [4.69, 9.17) is 9.15 Å². The molecular weight excluding hydrogens is 425 g/mol. The molecule has 0 bridgehead atoms. The Morgan fingerprint density at radius 2 is 1.79 bits per heavy atom. The molecule has 0 aliphatic carbocycles. The van der Waals surface area contributed by atoms with Gasteiger partial charge in [0, 0.05) is 16.6 Å². The standard InChI is InChI=1S/C26H18FNO5/c1-32-20-12-5-3-10-18(20)23-22(24(29)21-13-15-7-2-4-11-19(15)33-21)25(30)26(31)28(23)17-9-6-8-16(27)14-17/h2-14,23,30H,1H3. The maximum absolute atomic E-state index is 14.0. The SMILES string of the molecule is COc1ccccc1C1C(C(=O)c2cc3ccccc3o2)=C(O)C(=O)N1c1cccc(F)c1. The van der Waals surface area contributed by atoms with Crippen molar-refractivity contribution in [2.24, 2.45) is 0 Å². The molecule has 1 amide bonds. The molecule has 0 saturated carbocycles. The zero-order chi connectivity index (χ0) is 23.1. The number of aliphatic hydroxyl groups is 1. The molecule has 164 valence electrons. The molecule has 7 heteroatoms. The Morgan fingerprint density at radius 3 is 2.55 bits per heavy atom. The lowest BCUT2D eigenvalue weighted by Gasteiger charge is -2.27. The van der Waals surface area contributed by atoms with Crippen molar-refractivity contribution in [3.63, 3.8) is 0 Å². The zero-order valence-electron chi connectivity index (χ0n) is 17.5. The molecule has 1 aliphatic heterocycles. The average Bonchev–Trinajstić information content (AvgIpc) is 3.38. The van der Waals surface area contributed by atoms with Gasteiger partial charge in [-0.3, -0.25) is 14.5 Å². The highest BCUT2D eigenvalue weighted by Gasteiger charge is 2.46. The number of amides is 1. The highest BCUT2D eigenvalue weighted by atomic mass is 19.1. The summed E-state index contributed by atoms with van der Waals surface area (Å²) in [7, 11) is 1.46. The van der Waals surface area contributed by atoms with Crippen LogP contribution < -0.4 is 9.64 Å². The minimum Gasteiger partial charge on any atom is -0.503 e. The van der Waals surface area contributed by atoms with Crippen molar-refractivity contribution in [2.45, 2.75) is 6.04 Å². The topological polar surface area (TPSA) is 80.0 Å². The summed E-state index contributed by atoms with van der Waals surface area (Å²) in [5.41, 5.74) is 0.977. The van der Waals surface area contributed by atoms with E-state index in [9.17, 15) is 19.1 Å². The molecule has 0 radical (unpaired) electrons. The zero-order valence-corrected chi connectivity index (χ0v) is 17.5. The largest absolute Gasteiger partial charge is 0.503 e. The number of furan rings is 1. The van der Waals surface area contributed by atoms with Gasteiger partial charge in [0.1, 0.15) is 17.1 Å². The summed E-state index contributed by atoms with van der Waals surface area (Å²) in [6.07, 6.45) is 0. The van der Waals surface area contributed by atoms with Crippen LogP contribution in [0.2, 0.25) is 0 Å². The molecule has 1 aromatic heterocycles. The van der Waals surface area contributed by atoms with Crippen molar-refractivity contribution in [1.29, 1.82) is 0 Å². The van der Waals surface area contributed by atoms with Crippen LogP contribution in [0.1, 0.15) is 22.2 Å². The van der Waals surface area contributed by atoms with Gasteiger partial charge in [-0.15, -0.1) is 0 Å². The molecule has 6 nitrogen and oxygen atoms in total. The minimum atomic E-state index is -1.06. The smallest absolute Gasteiger partial charge is 0.294 e. The van der Waals surface area contributed by atoms with Gasteiger partial charge in [-0.05, 0) is 36.4 Å². The third-order valence-electron chi connectivity index (χ3n) is 5.62. The summed E-state index contributed by atoms with van der Waals surface area (Å²) in [5, 5.41) is 11.6. The fourth-order valence-corrected chi connectivity index (χ4v) is 4.14. The average molecular weight is 443 g/mol. The van der Waals surface area contributed by atoms with Crippen LogP contribution in [-0.2, 0) is 4.79 Å². The van der Waals surface area contributed by atoms with Crippen molar-refractivity contribution < 1.29 is 28.2 Å². The number of fused-ring (bicyclic) bond motifs is 1. The second-order valence-electron chi connectivity index (χ2n) is 7.54. The van der Waals surface area contributed by atoms with Crippen LogP contribution in [0.15, 0.2) is 94.6 Å². The maximum atomic E-state index is 14.0. The molecule has 5 rings (SSSR count). The number of ether oxygens (including phenoxy) is 1. The van der Waals surface area contributed by atoms with Crippen LogP contribution >= 0.6 is 0 Å². The predicted molar refractivity (Wildman–Crippen MR) is 120 cm³/mol. The number of carbonyl (C=O) groups is 2. The van der Waals surface area contributed by atoms with Gasteiger partial charge in [-0.25, -0.2) is 4.39 Å². The van der Waals surface area contributed by atoms with Crippen molar-refractivity contribution >= 4 is 28.3 Å². The molecule has 2 heterocycles. The normalized spacial score (nSPS) is 16.0. The summed E-state index contributed by atoms with van der Waals surface area (Å²) in [6, 6.07) is 19.8. The van der Waals surface area contributed by atoms with Crippen molar-refractivity contribution in [3.8, 4) is 5.75 Å². The first-order valence-electron chi connectivity index (χ1n) is 10.2. The number of halogens is 1. The van der Waals surface area contributed by atoms with Crippen LogP contribution in [0.25, 0.3) is 11.0 Å². The van der Waals surface area contributed by atoms with Gasteiger partial charge < -0.3 is 14.3 Å². The Bertz CT molecular complexity index is 1400. The summed E-state index contributed by atoms with van der Waals surface area (Å²) in [4.78, 5) is 28.0. The second-order valence-corrected chi connectivity index (χ2v) is 7.54. The molecule has 0 fully saturated rings. The number of nitrogens with zero attached hydrogens (tertiary/aromatic N) is 1. The van der Waals surface area contributed by atoms with Gasteiger partial charge in [0.2, 0.25) is 5.78 Å². The highest BCUT2D eigenvalue weighted by molar-refractivity contribution is 6.20. The van der Waals surface area contributed by atoms with Gasteiger partial charge in [0.05, 0.1) is 18.7 Å². The molecule has 0 spiro atoms. The van der Waals surface area contributed by atoms with E-state index in [0.29, 0.717) is 22.3 Å². The Balaban J connectivity index is 1.70. The van der Waals surface area contributed by atoms with Gasteiger partial charge in [0.25, 0.3) is 5.91 Å². The van der Waals surface area contributed by atoms with Crippen molar-refractivity contribution in [3.05, 3.63) is 107 Å². The summed E-state index contributed by atoms with van der Waals surface area (Å²) in [5.74, 6) is -2.37. The van der Waals surface area contributed by atoms with E-state index in [0.717, 1.165) is 0 Å². The van der Waals surface area contributed by atoms with Crippen LogP contribution in [-0.4, -0.2) is 23.9 Å². The number of Topliss-reactive ketones (excluding diaryl/α,β-unsaturated/α-hetero) is 1. The van der Waals surface area contributed by atoms with Crippen LogP contribution in [0.3, 0.4) is 0 Å². The Kier molecular flexibility index (Phi) is 4.94. The number of anilines is 1. The van der Waals surface area contributed by atoms with E-state index in [1.165, 1.54) is 36.3 Å². The van der Waals surface area contributed by atoms with Crippen LogP contribution in [0.5, 0.6) is 5.75 Å². The predicted octanol–water partition coefficient (Wildman–Crippen LogP) is 5.36. The molecule has 1 aliphatic rings. The number of aliphatic hydroxyl groups excluding tert-OH is 1. The second kappa shape index (κ2) is 7.94. The molecule has 1 N–H and O–H groups in total. The Morgan fingerprint density at radius 1 is 1.03 bits per heavy atom. The van der Waals surface area contributed by atoms with E-state index in [2.05, 4.69) is 0 Å². The fraction of sp³-hybridized carbons (Fsp3) is 0.0769. The number of hydrogen-bond donors (Lipinski definition) is 1. The molecule has 3 aromatic carbocycles. The van der Waals surface area contributed by atoms with Crippen LogP contribution in [0.4, 0.5) is 10.1 Å². The van der Waals surface area contributed by atoms with E-state index < -0.39 is 29.3 Å². The molecule has 33 heavy (non-hydrogen) atoms. The number of carbonyl (C=O) groups excluding carboxylic acids is 2. The lowest BCUT2D eigenvalue weighted by atomic mass is 9.94. The number of rotatable bonds is 5. The number of benzene rings is 3. The monoisotopic (exact) mass is 443 g/mol. The summed E-state index contributed by atoms with van der Waals surface area (Å²) in [6.45, 7) is 0. The first-order valence-corrected chi connectivity index (χ1v) is 10.2. The van der Waals surface area contributed by atoms with Crippen molar-refractivity contribution in [1.82, 2.24) is 0 Å². The quantitative estimate of drug-likeness (QED) is 0.420. The maximum Gasteiger partial charge on any atom is 0.294 e. The van der Waals surface area contributed by atoms with Gasteiger partial charge >= 0.3 is 0 Å². The Labute approximate surface area is 188 Å². The molecular formula is C26H18FNO5. The lowest BCUT2D eigenvalue weighted by molar-refractivity contribution is -0.117. The summed E-state index contributed by atoms with van der Waals surface area (Å²) < 4.78 is 25.2. The molecule has 1 atom stereocenters. The molecule has 0 saturated heterocycles. The third kappa shape index (κ3) is 3.34. The number of ketones is 1. The summed E-state index contributed by atoms with van der Waals surface area (Å²) >= 11 is 0. The molecule has 1 unspecified atom stereocenters. The van der Waals surface area contributed by atoms with Gasteiger partial charge in [-0.1, -0.05) is 42.5 Å². The van der Waals surface area contributed by atoms with E-state index in [-0.39, 0.29) is 17.0 Å². The first-order chi connectivity index (χ1) is 16.0. The van der Waals surface area contributed by atoms with E-state index in [1.54, 1.807) is 48.5 Å². The first kappa shape index (κ1) is 20.5. The number of methoxy groups -OCH3 is 1. The fourth-order valence-electron chi connectivity index (χ4n) is 4.14. The van der Waals surface area contributed by atoms with Crippen molar-refractivity contribution in [2.75, 3.05) is 12.0 Å². The van der Waals surface area contributed by atoms with Gasteiger partial charge in [-0.2, -0.15) is 0 Å². The third-order valence-corrected chi connectivity index (χ3v) is 5.62. The Hall–Kier alpha value is -4.39. The lowest BCUT2D eigenvalue weighted by Crippen LogP contribution is -2.31. The molecule has 4 aromatic rings. The van der Waals surface area contributed by atoms with E-state index >= 15 is 0 Å². The number of hydrogen-bond acceptors (Lipinski definition) is 5. The number of para-hydroxylation sites is 2. The highest BCUT2D eigenvalue weighted by Crippen LogP contribution is 2.45. The minimum absolute atomic E-state index is 0.0217. The van der Waals surface area contributed by atoms with Crippen LogP contribution in [0, 0.1) is 5.82 Å². The van der Waals surface area contributed by atoms with Gasteiger partial charge in [0.15, 0.2) is 11.5 Å². The van der Waals surface area contributed by atoms with E-state index in [1.807, 2.05) is 6.07 Å².